The highest BCUT2D eigenvalue weighted by Gasteiger charge is 2.20. The monoisotopic (exact) mass is 555 g/mol. The zero-order valence-corrected chi connectivity index (χ0v) is 23.4. The quantitative estimate of drug-likeness (QED) is 0.280. The number of aromatic nitrogens is 4. The van der Waals surface area contributed by atoms with Crippen LogP contribution in [0, 0.1) is 0 Å². The summed E-state index contributed by atoms with van der Waals surface area (Å²) < 4.78 is 21.3. The first-order valence-electron chi connectivity index (χ1n) is 13.7. The topological polar surface area (TPSA) is 110 Å². The predicted octanol–water partition coefficient (Wildman–Crippen LogP) is 4.10. The van der Waals surface area contributed by atoms with Gasteiger partial charge in [-0.25, -0.2) is 9.67 Å². The third kappa shape index (κ3) is 6.53. The normalized spacial score (nSPS) is 13.6. The number of anilines is 4. The molecule has 0 saturated carbocycles. The largest absolute Gasteiger partial charge is 0.494 e. The van der Waals surface area contributed by atoms with Gasteiger partial charge < -0.3 is 29.9 Å². The first-order valence-corrected chi connectivity index (χ1v) is 13.2. The lowest BCUT2D eigenvalue weighted by molar-refractivity contribution is -0.111. The molecule has 4 aromatic rings. The fourth-order valence-corrected chi connectivity index (χ4v) is 4.62. The molecule has 1 fully saturated rings. The minimum Gasteiger partial charge on any atom is -0.494 e. The van der Waals surface area contributed by atoms with Crippen LogP contribution in [0.15, 0.2) is 73.6 Å². The van der Waals surface area contributed by atoms with Crippen LogP contribution in [0.4, 0.5) is 23.0 Å². The fourth-order valence-electron chi connectivity index (χ4n) is 4.62. The Labute approximate surface area is 240 Å². The standard InChI is InChI=1S/C30H34N8O3/c1-5-28(39)32-23-17-24(26(40-4)18-25(23)37-13-15-41-16-14-37)33-30-31-12-11-27(34-30)38-20-22(19-36(2)3)29(35-38)21-9-7-6-8-10-21/h5-12,17-18,20H,1,13-16,19H2,2-4H3,(H,32,39)(H,31,33,34)/i12D. The van der Waals surface area contributed by atoms with Crippen LogP contribution in [0.1, 0.15) is 6.93 Å². The molecule has 1 saturated heterocycles. The first kappa shape index (κ1) is 26.5. The molecule has 0 radical (unpaired) electrons. The number of ether oxygens (including phenoxy) is 2. The molecular formula is C30H34N8O3. The van der Waals surface area contributed by atoms with Crippen molar-refractivity contribution in [2.45, 2.75) is 6.54 Å². The van der Waals surface area contributed by atoms with Crippen molar-refractivity contribution < 1.29 is 15.6 Å². The molecule has 212 valence electrons. The maximum absolute atomic E-state index is 12.3. The number of methoxy groups -OCH3 is 1. The zero-order chi connectivity index (χ0) is 29.6. The first-order chi connectivity index (χ1) is 20.3. The van der Waals surface area contributed by atoms with E-state index in [2.05, 4.69) is 37.0 Å². The van der Waals surface area contributed by atoms with Gasteiger partial charge >= 0.3 is 0 Å². The molecule has 1 aliphatic heterocycles. The summed E-state index contributed by atoms with van der Waals surface area (Å²) in [4.78, 5) is 25.5. The SMILES string of the molecule is [2H]c1cc(-n2cc(CN(C)C)c(-c3ccccc3)n2)nc(Nc2cc(NC(=O)C=C)c(N3CCOCC3)cc2OC)n1. The summed E-state index contributed by atoms with van der Waals surface area (Å²) in [7, 11) is 5.58. The summed E-state index contributed by atoms with van der Waals surface area (Å²) in [6.45, 7) is 6.77. The van der Waals surface area contributed by atoms with Gasteiger partial charge in [0, 0.05) is 55.3 Å². The molecule has 1 aliphatic rings. The average molecular weight is 556 g/mol. The van der Waals surface area contributed by atoms with Crippen molar-refractivity contribution in [2.24, 2.45) is 0 Å². The van der Waals surface area contributed by atoms with Gasteiger partial charge in [0.15, 0.2) is 5.82 Å². The van der Waals surface area contributed by atoms with Crippen LogP contribution in [-0.2, 0) is 16.1 Å². The summed E-state index contributed by atoms with van der Waals surface area (Å²) in [5, 5.41) is 10.9. The average Bonchev–Trinajstić information content (AvgIpc) is 3.41. The highest BCUT2D eigenvalue weighted by Crippen LogP contribution is 2.38. The summed E-state index contributed by atoms with van der Waals surface area (Å²) in [5.41, 5.74) is 4.74. The van der Waals surface area contributed by atoms with E-state index in [9.17, 15) is 4.79 Å². The Balaban J connectivity index is 1.52. The molecule has 1 amide bonds. The van der Waals surface area contributed by atoms with Crippen molar-refractivity contribution >= 4 is 28.9 Å². The Morgan fingerprint density at radius 2 is 1.98 bits per heavy atom. The van der Waals surface area contributed by atoms with Crippen molar-refractivity contribution in [1.29, 1.82) is 0 Å². The Kier molecular flexibility index (Phi) is 8.15. The number of morpholine rings is 1. The van der Waals surface area contributed by atoms with Gasteiger partial charge in [0.05, 0.1) is 44.5 Å². The highest BCUT2D eigenvalue weighted by molar-refractivity contribution is 6.02. The van der Waals surface area contributed by atoms with Gasteiger partial charge in [0.1, 0.15) is 5.75 Å². The van der Waals surface area contributed by atoms with E-state index in [-0.39, 0.29) is 18.0 Å². The lowest BCUT2D eigenvalue weighted by Crippen LogP contribution is -2.36. The molecule has 2 aromatic carbocycles. The summed E-state index contributed by atoms with van der Waals surface area (Å²) >= 11 is 0. The fraction of sp³-hybridized carbons (Fsp3) is 0.267. The second-order valence-corrected chi connectivity index (χ2v) is 9.72. The van der Waals surface area contributed by atoms with Crippen LogP contribution < -0.4 is 20.3 Å². The van der Waals surface area contributed by atoms with Crippen LogP contribution >= 0.6 is 0 Å². The van der Waals surface area contributed by atoms with Gasteiger partial charge in [-0.15, -0.1) is 0 Å². The number of benzene rings is 2. The van der Waals surface area contributed by atoms with Gasteiger partial charge in [-0.1, -0.05) is 36.9 Å². The van der Waals surface area contributed by atoms with E-state index >= 15 is 0 Å². The molecule has 3 heterocycles. The van der Waals surface area contributed by atoms with Gasteiger partial charge in [-0.05, 0) is 26.2 Å². The molecule has 41 heavy (non-hydrogen) atoms. The van der Waals surface area contributed by atoms with Crippen molar-refractivity contribution in [3.63, 3.8) is 0 Å². The molecule has 11 heteroatoms. The number of nitrogens with one attached hydrogen (secondary N) is 2. The highest BCUT2D eigenvalue weighted by atomic mass is 16.5. The van der Waals surface area contributed by atoms with Gasteiger partial charge in [-0.3, -0.25) is 4.79 Å². The molecule has 0 unspecified atom stereocenters. The summed E-state index contributed by atoms with van der Waals surface area (Å²) in [6, 6.07) is 15.1. The Bertz CT molecular complexity index is 1570. The molecule has 0 spiro atoms. The van der Waals surface area contributed by atoms with E-state index in [1.165, 1.54) is 6.08 Å². The number of hydrogen-bond acceptors (Lipinski definition) is 9. The van der Waals surface area contributed by atoms with Crippen LogP contribution in [0.25, 0.3) is 17.1 Å². The maximum Gasteiger partial charge on any atom is 0.247 e. The lowest BCUT2D eigenvalue weighted by atomic mass is 10.1. The van der Waals surface area contributed by atoms with Crippen molar-refractivity contribution in [1.82, 2.24) is 24.6 Å². The number of rotatable bonds is 10. The second-order valence-electron chi connectivity index (χ2n) is 9.72. The van der Waals surface area contributed by atoms with E-state index in [1.807, 2.05) is 56.7 Å². The lowest BCUT2D eigenvalue weighted by Gasteiger charge is -2.31. The molecular weight excluding hydrogens is 520 g/mol. The van der Waals surface area contributed by atoms with Crippen LogP contribution in [-0.4, -0.2) is 78.1 Å². The Morgan fingerprint density at radius 1 is 1.20 bits per heavy atom. The smallest absolute Gasteiger partial charge is 0.247 e. The molecule has 5 rings (SSSR count). The van der Waals surface area contributed by atoms with Crippen LogP contribution in [0.3, 0.4) is 0 Å². The molecule has 0 bridgehead atoms. The Morgan fingerprint density at radius 3 is 2.68 bits per heavy atom. The van der Waals surface area contributed by atoms with E-state index < -0.39 is 0 Å². The molecule has 11 nitrogen and oxygen atoms in total. The van der Waals surface area contributed by atoms with Gasteiger partial charge in [-0.2, -0.15) is 10.1 Å². The zero-order valence-electron chi connectivity index (χ0n) is 24.4. The molecule has 0 aliphatic carbocycles. The van der Waals surface area contributed by atoms with Crippen LogP contribution in [0.2, 0.25) is 0 Å². The minimum absolute atomic E-state index is 0.0116. The van der Waals surface area contributed by atoms with E-state index in [4.69, 9.17) is 15.9 Å². The van der Waals surface area contributed by atoms with E-state index in [0.29, 0.717) is 55.8 Å². The second kappa shape index (κ2) is 12.6. The molecule has 0 atom stereocenters. The van der Waals surface area contributed by atoms with Crippen molar-refractivity contribution in [2.75, 3.05) is 63.0 Å². The maximum atomic E-state index is 12.3. The Hall–Kier alpha value is -4.74. The summed E-state index contributed by atoms with van der Waals surface area (Å²) in [5.74, 6) is 0.798. The number of carbonyl (C=O) groups is 1. The van der Waals surface area contributed by atoms with Crippen molar-refractivity contribution in [3.05, 3.63) is 79.1 Å². The van der Waals surface area contributed by atoms with E-state index in [0.717, 1.165) is 22.5 Å². The summed E-state index contributed by atoms with van der Waals surface area (Å²) in [6.07, 6.45) is 3.16. The predicted molar refractivity (Wildman–Crippen MR) is 160 cm³/mol. The van der Waals surface area contributed by atoms with Gasteiger partial charge in [0.2, 0.25) is 11.9 Å². The number of hydrogen-bond donors (Lipinski definition) is 2. The van der Waals surface area contributed by atoms with Gasteiger partial charge in [0.25, 0.3) is 0 Å². The molecule has 2 N–H and O–H groups in total. The third-order valence-corrected chi connectivity index (χ3v) is 6.50. The number of amides is 1. The van der Waals surface area contributed by atoms with E-state index in [1.54, 1.807) is 23.9 Å². The van der Waals surface area contributed by atoms with Crippen LogP contribution in [0.5, 0.6) is 5.75 Å². The minimum atomic E-state index is -0.339. The number of carbonyl (C=O) groups excluding carboxylic acids is 1. The molecule has 2 aromatic heterocycles. The third-order valence-electron chi connectivity index (χ3n) is 6.50. The van der Waals surface area contributed by atoms with Crippen molar-refractivity contribution in [3.8, 4) is 22.8 Å². The number of nitrogens with zero attached hydrogens (tertiary/aromatic N) is 6.